The van der Waals surface area contributed by atoms with Gasteiger partial charge in [0.2, 0.25) is 0 Å². The van der Waals surface area contributed by atoms with Crippen LogP contribution in [-0.4, -0.2) is 5.91 Å². The number of benzene rings is 2. The van der Waals surface area contributed by atoms with Crippen molar-refractivity contribution in [3.63, 3.8) is 0 Å². The first-order valence-electron chi connectivity index (χ1n) is 5.91. The first-order valence-corrected chi connectivity index (χ1v) is 6.29. The summed E-state index contributed by atoms with van der Waals surface area (Å²) < 4.78 is 0. The average molecular weight is 275 g/mol. The summed E-state index contributed by atoms with van der Waals surface area (Å²) in [5, 5.41) is 3.47. The largest absolute Gasteiger partial charge is 0.399 e. The lowest BCUT2D eigenvalue weighted by Gasteiger charge is -2.10. The van der Waals surface area contributed by atoms with Crippen molar-refractivity contribution in [1.82, 2.24) is 0 Å². The van der Waals surface area contributed by atoms with Gasteiger partial charge in [0.1, 0.15) is 0 Å². The molecule has 0 aliphatic carbocycles. The van der Waals surface area contributed by atoms with Crippen molar-refractivity contribution in [1.29, 1.82) is 0 Å². The number of nitrogen functional groups attached to an aromatic ring is 1. The molecular weight excluding hydrogens is 260 g/mol. The number of nitrogens with one attached hydrogen (secondary N) is 1. The van der Waals surface area contributed by atoms with E-state index in [0.717, 1.165) is 11.1 Å². The van der Waals surface area contributed by atoms with Gasteiger partial charge in [0, 0.05) is 22.0 Å². The van der Waals surface area contributed by atoms with Crippen molar-refractivity contribution in [2.75, 3.05) is 11.1 Å². The van der Waals surface area contributed by atoms with Crippen LogP contribution >= 0.6 is 11.6 Å². The lowest BCUT2D eigenvalue weighted by atomic mass is 10.1. The fourth-order valence-corrected chi connectivity index (χ4v) is 2.06. The Balaban J connectivity index is 2.28. The Bertz CT molecular complexity index is 618. The summed E-state index contributed by atoms with van der Waals surface area (Å²) in [5.74, 6) is -0.194. The lowest BCUT2D eigenvalue weighted by Crippen LogP contribution is -2.13. The third-order valence-corrected chi connectivity index (χ3v) is 3.29. The smallest absolute Gasteiger partial charge is 0.255 e. The molecular formula is C15H15ClN2O. The van der Waals surface area contributed by atoms with Crippen molar-refractivity contribution in [3.8, 4) is 0 Å². The number of aryl methyl sites for hydroxylation is 1. The molecule has 0 aliphatic heterocycles. The minimum atomic E-state index is -0.194. The van der Waals surface area contributed by atoms with Gasteiger partial charge in [-0.1, -0.05) is 17.7 Å². The summed E-state index contributed by atoms with van der Waals surface area (Å²) in [6.07, 6.45) is 0. The van der Waals surface area contributed by atoms with Crippen LogP contribution < -0.4 is 11.1 Å². The van der Waals surface area contributed by atoms with Gasteiger partial charge < -0.3 is 11.1 Å². The van der Waals surface area contributed by atoms with E-state index >= 15 is 0 Å². The maximum atomic E-state index is 12.2. The first kappa shape index (κ1) is 13.4. The normalized spacial score (nSPS) is 10.3. The standard InChI is InChI=1S/C15H15ClN2O/c1-9-6-11(8-12(17)7-9)15(19)18-14-5-3-4-13(16)10(14)2/h3-8H,17H2,1-2H3,(H,18,19). The minimum absolute atomic E-state index is 0.194. The molecule has 2 aromatic carbocycles. The van der Waals surface area contributed by atoms with Gasteiger partial charge in [0.05, 0.1) is 0 Å². The molecule has 0 atom stereocenters. The topological polar surface area (TPSA) is 55.1 Å². The van der Waals surface area contributed by atoms with Crippen LogP contribution in [0, 0.1) is 13.8 Å². The molecule has 2 aromatic rings. The van der Waals surface area contributed by atoms with Crippen LogP contribution in [0.5, 0.6) is 0 Å². The molecule has 19 heavy (non-hydrogen) atoms. The highest BCUT2D eigenvalue weighted by Gasteiger charge is 2.10. The predicted octanol–water partition coefficient (Wildman–Crippen LogP) is 3.79. The molecule has 4 heteroatoms. The molecule has 0 fully saturated rings. The summed E-state index contributed by atoms with van der Waals surface area (Å²) in [6, 6.07) is 10.7. The van der Waals surface area contributed by atoms with Gasteiger partial charge in [0.15, 0.2) is 0 Å². The molecule has 3 nitrogen and oxygen atoms in total. The van der Waals surface area contributed by atoms with E-state index < -0.39 is 0 Å². The van der Waals surface area contributed by atoms with E-state index in [4.69, 9.17) is 17.3 Å². The Morgan fingerprint density at radius 1 is 1.21 bits per heavy atom. The van der Waals surface area contributed by atoms with Crippen LogP contribution in [0.15, 0.2) is 36.4 Å². The molecule has 98 valence electrons. The van der Waals surface area contributed by atoms with E-state index in [0.29, 0.717) is 22.0 Å². The van der Waals surface area contributed by atoms with Gasteiger partial charge >= 0.3 is 0 Å². The second-order valence-electron chi connectivity index (χ2n) is 4.50. The fraction of sp³-hybridized carbons (Fsp3) is 0.133. The van der Waals surface area contributed by atoms with Crippen LogP contribution in [0.4, 0.5) is 11.4 Å². The number of rotatable bonds is 2. The van der Waals surface area contributed by atoms with Crippen molar-refractivity contribution in [2.24, 2.45) is 0 Å². The zero-order valence-electron chi connectivity index (χ0n) is 10.8. The molecule has 3 N–H and O–H groups in total. The van der Waals surface area contributed by atoms with E-state index in [1.54, 1.807) is 24.3 Å². The Labute approximate surface area is 117 Å². The summed E-state index contributed by atoms with van der Waals surface area (Å²) >= 11 is 6.02. The van der Waals surface area contributed by atoms with E-state index in [1.807, 2.05) is 26.0 Å². The van der Waals surface area contributed by atoms with E-state index in [-0.39, 0.29) is 5.91 Å². The first-order chi connectivity index (χ1) is 8.97. The predicted molar refractivity (Wildman–Crippen MR) is 79.7 cm³/mol. The summed E-state index contributed by atoms with van der Waals surface area (Å²) in [7, 11) is 0. The van der Waals surface area contributed by atoms with Crippen LogP contribution in [0.25, 0.3) is 0 Å². The Hall–Kier alpha value is -2.00. The van der Waals surface area contributed by atoms with Gasteiger partial charge in [-0.15, -0.1) is 0 Å². The van der Waals surface area contributed by atoms with Gasteiger partial charge in [0.25, 0.3) is 5.91 Å². The highest BCUT2D eigenvalue weighted by molar-refractivity contribution is 6.31. The number of hydrogen-bond donors (Lipinski definition) is 2. The monoisotopic (exact) mass is 274 g/mol. The van der Waals surface area contributed by atoms with Crippen LogP contribution in [0.1, 0.15) is 21.5 Å². The summed E-state index contributed by atoms with van der Waals surface area (Å²) in [6.45, 7) is 3.76. The van der Waals surface area contributed by atoms with Crippen LogP contribution in [0.3, 0.4) is 0 Å². The molecule has 0 saturated carbocycles. The second kappa shape index (κ2) is 5.33. The zero-order chi connectivity index (χ0) is 14.0. The van der Waals surface area contributed by atoms with Gasteiger partial charge in [-0.3, -0.25) is 4.79 Å². The third-order valence-electron chi connectivity index (χ3n) is 2.88. The molecule has 0 spiro atoms. The molecule has 0 heterocycles. The fourth-order valence-electron chi connectivity index (χ4n) is 1.88. The van der Waals surface area contributed by atoms with Crippen molar-refractivity contribution in [3.05, 3.63) is 58.1 Å². The number of carbonyl (C=O) groups is 1. The highest BCUT2D eigenvalue weighted by Crippen LogP contribution is 2.23. The van der Waals surface area contributed by atoms with Crippen molar-refractivity contribution in [2.45, 2.75) is 13.8 Å². The molecule has 1 amide bonds. The van der Waals surface area contributed by atoms with Crippen LogP contribution in [-0.2, 0) is 0 Å². The number of anilines is 2. The molecule has 0 aliphatic rings. The van der Waals surface area contributed by atoms with E-state index in [1.165, 1.54) is 0 Å². The van der Waals surface area contributed by atoms with Gasteiger partial charge in [-0.2, -0.15) is 0 Å². The number of hydrogen-bond acceptors (Lipinski definition) is 2. The van der Waals surface area contributed by atoms with E-state index in [2.05, 4.69) is 5.32 Å². The number of amides is 1. The maximum absolute atomic E-state index is 12.2. The van der Waals surface area contributed by atoms with Gasteiger partial charge in [-0.05, 0) is 55.3 Å². The Morgan fingerprint density at radius 3 is 2.63 bits per heavy atom. The number of carbonyl (C=O) groups excluding carboxylic acids is 1. The average Bonchev–Trinajstić information content (AvgIpc) is 2.33. The number of halogens is 1. The minimum Gasteiger partial charge on any atom is -0.399 e. The van der Waals surface area contributed by atoms with Crippen LogP contribution in [0.2, 0.25) is 5.02 Å². The molecule has 0 bridgehead atoms. The lowest BCUT2D eigenvalue weighted by molar-refractivity contribution is 0.102. The molecule has 0 unspecified atom stereocenters. The highest BCUT2D eigenvalue weighted by atomic mass is 35.5. The molecule has 0 aromatic heterocycles. The summed E-state index contributed by atoms with van der Waals surface area (Å²) in [4.78, 5) is 12.2. The second-order valence-corrected chi connectivity index (χ2v) is 4.91. The Morgan fingerprint density at radius 2 is 1.95 bits per heavy atom. The van der Waals surface area contributed by atoms with Crippen molar-refractivity contribution < 1.29 is 4.79 Å². The Kier molecular flexibility index (Phi) is 3.76. The molecule has 2 rings (SSSR count). The maximum Gasteiger partial charge on any atom is 0.255 e. The van der Waals surface area contributed by atoms with E-state index in [9.17, 15) is 4.79 Å². The molecule has 0 saturated heterocycles. The zero-order valence-corrected chi connectivity index (χ0v) is 11.6. The molecule has 0 radical (unpaired) electrons. The third kappa shape index (κ3) is 3.06. The van der Waals surface area contributed by atoms with Gasteiger partial charge in [-0.25, -0.2) is 0 Å². The SMILES string of the molecule is Cc1cc(N)cc(C(=O)Nc2cccc(Cl)c2C)c1. The van der Waals surface area contributed by atoms with Crippen molar-refractivity contribution >= 4 is 28.9 Å². The quantitative estimate of drug-likeness (QED) is 0.819. The number of nitrogens with two attached hydrogens (primary N) is 1. The summed E-state index contributed by atoms with van der Waals surface area (Å²) in [5.41, 5.74) is 9.36.